The number of amides is 1. The fourth-order valence-corrected chi connectivity index (χ4v) is 2.36. The number of rotatable bonds is 6. The number of hydrogen-bond donors (Lipinski definition) is 1. The van der Waals surface area contributed by atoms with Crippen molar-refractivity contribution in [2.24, 2.45) is 0 Å². The monoisotopic (exact) mass is 355 g/mol. The van der Waals surface area contributed by atoms with E-state index in [1.807, 2.05) is 6.92 Å². The van der Waals surface area contributed by atoms with Crippen LogP contribution in [0.4, 0.5) is 5.69 Å². The van der Waals surface area contributed by atoms with Gasteiger partial charge in [-0.05, 0) is 50.6 Å². The van der Waals surface area contributed by atoms with Crippen molar-refractivity contribution in [3.8, 4) is 5.75 Å². The zero-order valence-corrected chi connectivity index (χ0v) is 15.2. The number of carbonyl (C=O) groups excluding carboxylic acids is 3. The van der Waals surface area contributed by atoms with E-state index < -0.39 is 18.0 Å². The number of ether oxygens (including phenoxy) is 2. The molecule has 1 N–H and O–H groups in total. The summed E-state index contributed by atoms with van der Waals surface area (Å²) < 4.78 is 10.4. The Morgan fingerprint density at radius 3 is 2.42 bits per heavy atom. The number of carbonyl (C=O) groups is 3. The molecule has 0 saturated heterocycles. The SMILES string of the molecule is COc1cc(C(=O)OC(C)C(=O)Nc2ccccc2C(C)=O)ccc1C. The Morgan fingerprint density at radius 1 is 1.08 bits per heavy atom. The molecule has 2 aromatic carbocycles. The van der Waals surface area contributed by atoms with Gasteiger partial charge in [0.1, 0.15) is 5.75 Å². The van der Waals surface area contributed by atoms with Crippen LogP contribution in [-0.4, -0.2) is 30.9 Å². The first-order valence-electron chi connectivity index (χ1n) is 8.10. The fourth-order valence-electron chi connectivity index (χ4n) is 2.36. The highest BCUT2D eigenvalue weighted by molar-refractivity contribution is 6.05. The maximum absolute atomic E-state index is 12.3. The number of methoxy groups -OCH3 is 1. The Hall–Kier alpha value is -3.15. The molecule has 0 aliphatic heterocycles. The number of aryl methyl sites for hydroxylation is 1. The molecule has 1 atom stereocenters. The maximum atomic E-state index is 12.3. The molecular formula is C20H21NO5. The minimum absolute atomic E-state index is 0.169. The molecule has 0 aliphatic rings. The van der Waals surface area contributed by atoms with Gasteiger partial charge < -0.3 is 14.8 Å². The topological polar surface area (TPSA) is 81.7 Å². The largest absolute Gasteiger partial charge is 0.496 e. The van der Waals surface area contributed by atoms with E-state index in [9.17, 15) is 14.4 Å². The average Bonchev–Trinajstić information content (AvgIpc) is 2.62. The summed E-state index contributed by atoms with van der Waals surface area (Å²) in [5, 5.41) is 2.62. The molecule has 0 heterocycles. The Morgan fingerprint density at radius 2 is 1.77 bits per heavy atom. The van der Waals surface area contributed by atoms with Gasteiger partial charge in [0.05, 0.1) is 18.4 Å². The summed E-state index contributed by atoms with van der Waals surface area (Å²) in [4.78, 5) is 36.2. The first-order chi connectivity index (χ1) is 12.3. The molecule has 0 bridgehead atoms. The zero-order valence-electron chi connectivity index (χ0n) is 15.2. The number of para-hydroxylation sites is 1. The minimum atomic E-state index is -1.03. The molecule has 6 nitrogen and oxygen atoms in total. The van der Waals surface area contributed by atoms with Crippen LogP contribution in [0.15, 0.2) is 42.5 Å². The van der Waals surface area contributed by atoms with Gasteiger partial charge in [-0.2, -0.15) is 0 Å². The summed E-state index contributed by atoms with van der Waals surface area (Å²) in [6, 6.07) is 11.6. The molecule has 0 spiro atoms. The third-order valence-electron chi connectivity index (χ3n) is 3.86. The number of hydrogen-bond acceptors (Lipinski definition) is 5. The van der Waals surface area contributed by atoms with Gasteiger partial charge in [0.2, 0.25) is 0 Å². The molecule has 0 radical (unpaired) electrons. The Bertz CT molecular complexity index is 844. The van der Waals surface area contributed by atoms with Gasteiger partial charge in [0.25, 0.3) is 5.91 Å². The van der Waals surface area contributed by atoms with E-state index in [1.54, 1.807) is 42.5 Å². The number of anilines is 1. The quantitative estimate of drug-likeness (QED) is 0.634. The lowest BCUT2D eigenvalue weighted by molar-refractivity contribution is -0.123. The molecule has 6 heteroatoms. The van der Waals surface area contributed by atoms with Gasteiger partial charge in [-0.15, -0.1) is 0 Å². The van der Waals surface area contributed by atoms with E-state index in [0.29, 0.717) is 17.0 Å². The smallest absolute Gasteiger partial charge is 0.339 e. The van der Waals surface area contributed by atoms with E-state index in [-0.39, 0.29) is 11.3 Å². The van der Waals surface area contributed by atoms with Gasteiger partial charge in [0.15, 0.2) is 11.9 Å². The molecule has 26 heavy (non-hydrogen) atoms. The van der Waals surface area contributed by atoms with Crippen molar-refractivity contribution in [1.29, 1.82) is 0 Å². The lowest BCUT2D eigenvalue weighted by Crippen LogP contribution is -2.30. The molecule has 1 unspecified atom stereocenters. The number of esters is 1. The Labute approximate surface area is 152 Å². The first-order valence-corrected chi connectivity index (χ1v) is 8.10. The highest BCUT2D eigenvalue weighted by Crippen LogP contribution is 2.20. The molecule has 0 saturated carbocycles. The number of nitrogens with one attached hydrogen (secondary N) is 1. The van der Waals surface area contributed by atoms with Crippen molar-refractivity contribution in [2.75, 3.05) is 12.4 Å². The van der Waals surface area contributed by atoms with Crippen LogP contribution in [0, 0.1) is 6.92 Å². The lowest BCUT2D eigenvalue weighted by Gasteiger charge is -2.15. The first kappa shape index (κ1) is 19.2. The van der Waals surface area contributed by atoms with Gasteiger partial charge >= 0.3 is 5.97 Å². The Kier molecular flexibility index (Phi) is 6.11. The maximum Gasteiger partial charge on any atom is 0.339 e. The van der Waals surface area contributed by atoms with Crippen molar-refractivity contribution in [3.05, 3.63) is 59.2 Å². The third-order valence-corrected chi connectivity index (χ3v) is 3.86. The molecular weight excluding hydrogens is 334 g/mol. The summed E-state index contributed by atoms with van der Waals surface area (Å²) >= 11 is 0. The summed E-state index contributed by atoms with van der Waals surface area (Å²) in [6.45, 7) is 4.74. The second kappa shape index (κ2) is 8.29. The van der Waals surface area contributed by atoms with Crippen LogP contribution in [0.1, 0.15) is 40.1 Å². The van der Waals surface area contributed by atoms with Gasteiger partial charge in [-0.3, -0.25) is 9.59 Å². The zero-order chi connectivity index (χ0) is 19.3. The second-order valence-corrected chi connectivity index (χ2v) is 5.82. The molecule has 136 valence electrons. The van der Waals surface area contributed by atoms with Crippen molar-refractivity contribution < 1.29 is 23.9 Å². The van der Waals surface area contributed by atoms with Crippen molar-refractivity contribution in [1.82, 2.24) is 0 Å². The molecule has 2 aromatic rings. The summed E-state index contributed by atoms with van der Waals surface area (Å²) in [7, 11) is 1.51. The van der Waals surface area contributed by atoms with E-state index in [2.05, 4.69) is 5.32 Å². The number of Topliss-reactive ketones (excluding diaryl/α,β-unsaturated/α-hetero) is 1. The third kappa shape index (κ3) is 4.47. The summed E-state index contributed by atoms with van der Waals surface area (Å²) in [5.74, 6) is -0.763. The van der Waals surface area contributed by atoms with Gasteiger partial charge in [-0.25, -0.2) is 4.79 Å². The molecule has 1 amide bonds. The van der Waals surface area contributed by atoms with Crippen molar-refractivity contribution in [2.45, 2.75) is 26.9 Å². The van der Waals surface area contributed by atoms with Crippen LogP contribution in [0.5, 0.6) is 5.75 Å². The molecule has 0 fully saturated rings. The molecule has 0 aromatic heterocycles. The van der Waals surface area contributed by atoms with Crippen LogP contribution in [0.2, 0.25) is 0 Å². The summed E-state index contributed by atoms with van der Waals surface area (Å²) in [5.41, 5.74) is 1.94. The number of ketones is 1. The van der Waals surface area contributed by atoms with Gasteiger partial charge in [-0.1, -0.05) is 18.2 Å². The minimum Gasteiger partial charge on any atom is -0.496 e. The number of benzene rings is 2. The van der Waals surface area contributed by atoms with Crippen LogP contribution in [-0.2, 0) is 9.53 Å². The molecule has 2 rings (SSSR count). The fraction of sp³-hybridized carbons (Fsp3) is 0.250. The van der Waals surface area contributed by atoms with E-state index in [0.717, 1.165) is 5.56 Å². The van der Waals surface area contributed by atoms with Crippen LogP contribution in [0.25, 0.3) is 0 Å². The van der Waals surface area contributed by atoms with Crippen molar-refractivity contribution in [3.63, 3.8) is 0 Å². The predicted molar refractivity (Wildman–Crippen MR) is 97.7 cm³/mol. The highest BCUT2D eigenvalue weighted by atomic mass is 16.5. The van der Waals surface area contributed by atoms with E-state index >= 15 is 0 Å². The van der Waals surface area contributed by atoms with E-state index in [4.69, 9.17) is 9.47 Å². The van der Waals surface area contributed by atoms with Gasteiger partial charge in [0, 0.05) is 5.56 Å². The lowest BCUT2D eigenvalue weighted by atomic mass is 10.1. The average molecular weight is 355 g/mol. The van der Waals surface area contributed by atoms with Crippen LogP contribution < -0.4 is 10.1 Å². The van der Waals surface area contributed by atoms with Crippen LogP contribution >= 0.6 is 0 Å². The summed E-state index contributed by atoms with van der Waals surface area (Å²) in [6.07, 6.45) is -1.03. The van der Waals surface area contributed by atoms with E-state index in [1.165, 1.54) is 21.0 Å². The second-order valence-electron chi connectivity index (χ2n) is 5.82. The van der Waals surface area contributed by atoms with Crippen LogP contribution in [0.3, 0.4) is 0 Å². The highest BCUT2D eigenvalue weighted by Gasteiger charge is 2.21. The Balaban J connectivity index is 2.07. The van der Waals surface area contributed by atoms with Crippen molar-refractivity contribution >= 4 is 23.3 Å². The molecule has 0 aliphatic carbocycles. The predicted octanol–water partition coefficient (Wildman–Crippen LogP) is 3.39. The normalized spacial score (nSPS) is 11.4. The standard InChI is InChI=1S/C20H21NO5/c1-12-9-10-15(11-18(12)25-4)20(24)26-14(3)19(23)21-17-8-6-5-7-16(17)13(2)22/h5-11,14H,1-4H3,(H,21,23).